The summed E-state index contributed by atoms with van der Waals surface area (Å²) in [5, 5.41) is 0. The van der Waals surface area contributed by atoms with Crippen LogP contribution in [0.1, 0.15) is 64.7 Å². The van der Waals surface area contributed by atoms with Gasteiger partial charge < -0.3 is 6.92 Å². The summed E-state index contributed by atoms with van der Waals surface area (Å²) in [6.45, 7) is 6.10. The maximum absolute atomic E-state index is 3.83. The molecule has 0 bridgehead atoms. The molecule has 0 amide bonds. The molecule has 0 nitrogen and oxygen atoms in total. The minimum absolute atomic E-state index is 0. The quantitative estimate of drug-likeness (QED) is 0.345. The molecule has 0 aromatic rings. The summed E-state index contributed by atoms with van der Waals surface area (Å²) >= 11 is 0. The van der Waals surface area contributed by atoms with Crippen LogP contribution in [0.4, 0.5) is 0 Å². The van der Waals surface area contributed by atoms with Crippen LogP contribution < -0.4 is 0 Å². The van der Waals surface area contributed by atoms with E-state index < -0.39 is 0 Å². The van der Waals surface area contributed by atoms with Crippen LogP contribution in [0.25, 0.3) is 0 Å². The third-order valence-electron chi connectivity index (χ3n) is 2.10. The first-order chi connectivity index (χ1) is 5.41. The molecular formula is C11H23Rh-. The monoisotopic (exact) mass is 258 g/mol. The van der Waals surface area contributed by atoms with E-state index in [0.29, 0.717) is 0 Å². The summed E-state index contributed by atoms with van der Waals surface area (Å²) < 4.78 is 0. The van der Waals surface area contributed by atoms with Crippen molar-refractivity contribution in [3.8, 4) is 0 Å². The normalized spacial score (nSPS) is 9.50. The molecule has 0 fully saturated rings. The van der Waals surface area contributed by atoms with Crippen LogP contribution >= 0.6 is 0 Å². The van der Waals surface area contributed by atoms with Crippen molar-refractivity contribution in [3.05, 3.63) is 6.92 Å². The second kappa shape index (κ2) is 14.2. The Morgan fingerprint density at radius 3 is 1.58 bits per heavy atom. The maximum atomic E-state index is 3.83. The Hall–Kier alpha value is 0.623. The number of rotatable bonds is 8. The fourth-order valence-electron chi connectivity index (χ4n) is 1.31. The van der Waals surface area contributed by atoms with Gasteiger partial charge in [-0.2, -0.15) is 6.42 Å². The van der Waals surface area contributed by atoms with Crippen LogP contribution in [0.3, 0.4) is 0 Å². The molecule has 0 saturated heterocycles. The summed E-state index contributed by atoms with van der Waals surface area (Å²) in [4.78, 5) is 0. The summed E-state index contributed by atoms with van der Waals surface area (Å²) in [6.07, 6.45) is 12.4. The second-order valence-electron chi connectivity index (χ2n) is 3.33. The molecule has 1 heteroatoms. The summed E-state index contributed by atoms with van der Waals surface area (Å²) in [5.41, 5.74) is 0. The topological polar surface area (TPSA) is 0 Å². The van der Waals surface area contributed by atoms with Crippen LogP contribution in [0, 0.1) is 6.92 Å². The molecule has 0 aliphatic carbocycles. The second-order valence-corrected chi connectivity index (χ2v) is 3.33. The first kappa shape index (κ1) is 15.1. The maximum Gasteiger partial charge on any atom is 0 e. The van der Waals surface area contributed by atoms with E-state index in [1.54, 1.807) is 0 Å². The average Bonchev–Trinajstić information content (AvgIpc) is 2.03. The summed E-state index contributed by atoms with van der Waals surface area (Å²) in [6, 6.07) is 0. The summed E-state index contributed by atoms with van der Waals surface area (Å²) in [7, 11) is 0. The first-order valence-electron chi connectivity index (χ1n) is 5.21. The van der Waals surface area contributed by atoms with E-state index in [1.807, 2.05) is 0 Å². The van der Waals surface area contributed by atoms with E-state index in [1.165, 1.54) is 51.4 Å². The molecule has 0 aliphatic rings. The molecule has 0 N–H and O–H groups in total. The van der Waals surface area contributed by atoms with Gasteiger partial charge in [-0.3, -0.25) is 0 Å². The Bertz CT molecular complexity index is 54.0. The molecule has 1 radical (unpaired) electrons. The molecule has 0 saturated carbocycles. The van der Waals surface area contributed by atoms with Crippen LogP contribution in [0.15, 0.2) is 0 Å². The zero-order valence-corrected chi connectivity index (χ0v) is 10.0. The van der Waals surface area contributed by atoms with E-state index in [0.717, 1.165) is 6.42 Å². The van der Waals surface area contributed by atoms with Crippen LogP contribution in [-0.2, 0) is 19.5 Å². The molecule has 0 aliphatic heterocycles. The Kier molecular flexibility index (Phi) is 17.8. The third kappa shape index (κ3) is 13.2. The van der Waals surface area contributed by atoms with Gasteiger partial charge in [0.25, 0.3) is 0 Å². The molecule has 0 spiro atoms. The molecule has 0 unspecified atom stereocenters. The van der Waals surface area contributed by atoms with Crippen molar-refractivity contribution in [1.29, 1.82) is 0 Å². The van der Waals surface area contributed by atoms with Crippen molar-refractivity contribution in [2.75, 3.05) is 0 Å². The predicted molar refractivity (Wildman–Crippen MR) is 52.6 cm³/mol. The number of hydrogen-bond acceptors (Lipinski definition) is 0. The number of unbranched alkanes of at least 4 members (excludes halogenated alkanes) is 8. The van der Waals surface area contributed by atoms with Gasteiger partial charge >= 0.3 is 0 Å². The standard InChI is InChI=1S/C11H23.Rh/c1-3-5-7-9-11-10-8-6-4-2;/h1,3-11H2,2H3;/q-1;. The van der Waals surface area contributed by atoms with Crippen molar-refractivity contribution >= 4 is 0 Å². The van der Waals surface area contributed by atoms with Crippen molar-refractivity contribution in [1.82, 2.24) is 0 Å². The average molecular weight is 258 g/mol. The molecule has 0 aromatic carbocycles. The first-order valence-corrected chi connectivity index (χ1v) is 5.21. The Morgan fingerprint density at radius 1 is 0.750 bits per heavy atom. The Morgan fingerprint density at radius 2 is 1.17 bits per heavy atom. The van der Waals surface area contributed by atoms with Gasteiger partial charge in [-0.25, -0.2) is 0 Å². The van der Waals surface area contributed by atoms with E-state index in [9.17, 15) is 0 Å². The van der Waals surface area contributed by atoms with Gasteiger partial charge in [0, 0.05) is 19.5 Å². The van der Waals surface area contributed by atoms with Crippen LogP contribution in [0.2, 0.25) is 0 Å². The van der Waals surface area contributed by atoms with Gasteiger partial charge in [-0.1, -0.05) is 58.3 Å². The third-order valence-corrected chi connectivity index (χ3v) is 2.10. The van der Waals surface area contributed by atoms with Crippen molar-refractivity contribution in [2.24, 2.45) is 0 Å². The molecular weight excluding hydrogens is 235 g/mol. The van der Waals surface area contributed by atoms with Gasteiger partial charge in [0.15, 0.2) is 0 Å². The zero-order chi connectivity index (χ0) is 8.36. The Balaban J connectivity index is 0. The fourth-order valence-corrected chi connectivity index (χ4v) is 1.31. The SMILES string of the molecule is [CH2-]CCCCCCCCCC.[Rh]. The molecule has 0 heterocycles. The van der Waals surface area contributed by atoms with Crippen molar-refractivity contribution < 1.29 is 19.5 Å². The molecule has 77 valence electrons. The van der Waals surface area contributed by atoms with E-state index in [-0.39, 0.29) is 19.5 Å². The van der Waals surface area contributed by atoms with E-state index in [4.69, 9.17) is 0 Å². The van der Waals surface area contributed by atoms with Crippen molar-refractivity contribution in [3.63, 3.8) is 0 Å². The van der Waals surface area contributed by atoms with Gasteiger partial charge in [0.05, 0.1) is 0 Å². The minimum Gasteiger partial charge on any atom is -0.343 e. The molecule has 12 heavy (non-hydrogen) atoms. The zero-order valence-electron chi connectivity index (χ0n) is 8.40. The largest absolute Gasteiger partial charge is 0.343 e. The van der Waals surface area contributed by atoms with Crippen LogP contribution in [-0.4, -0.2) is 0 Å². The van der Waals surface area contributed by atoms with E-state index >= 15 is 0 Å². The van der Waals surface area contributed by atoms with Gasteiger partial charge in [-0.05, 0) is 0 Å². The minimum atomic E-state index is 0. The van der Waals surface area contributed by atoms with Crippen molar-refractivity contribution in [2.45, 2.75) is 64.7 Å². The van der Waals surface area contributed by atoms with Gasteiger partial charge in [0.2, 0.25) is 0 Å². The molecule has 0 rings (SSSR count). The molecule has 0 aromatic heterocycles. The number of hydrogen-bond donors (Lipinski definition) is 0. The van der Waals surface area contributed by atoms with E-state index in [2.05, 4.69) is 13.8 Å². The van der Waals surface area contributed by atoms with Gasteiger partial charge in [-0.15, -0.1) is 0 Å². The smallest absolute Gasteiger partial charge is 0 e. The molecule has 0 atom stereocenters. The van der Waals surface area contributed by atoms with Gasteiger partial charge in [0.1, 0.15) is 0 Å². The summed E-state index contributed by atoms with van der Waals surface area (Å²) in [5.74, 6) is 0. The van der Waals surface area contributed by atoms with Crippen LogP contribution in [0.5, 0.6) is 0 Å². The fraction of sp³-hybridized carbons (Fsp3) is 0.909. The predicted octanol–water partition coefficient (Wildman–Crippen LogP) is 4.35. The Labute approximate surface area is 91.3 Å².